The zero-order valence-electron chi connectivity index (χ0n) is 7.27. The van der Waals surface area contributed by atoms with Crippen LogP contribution in [0.1, 0.15) is 20.8 Å². The molecule has 5 heteroatoms. The summed E-state index contributed by atoms with van der Waals surface area (Å²) in [5.74, 6) is -1.79. The van der Waals surface area contributed by atoms with Crippen LogP contribution in [0.3, 0.4) is 0 Å². The molecule has 0 saturated carbocycles. The lowest BCUT2D eigenvalue weighted by atomic mass is 10.2. The van der Waals surface area contributed by atoms with Crippen molar-refractivity contribution >= 4 is 11.9 Å². The molecule has 0 aliphatic heterocycles. The lowest BCUT2D eigenvalue weighted by molar-refractivity contribution is 0.0572. The van der Waals surface area contributed by atoms with Gasteiger partial charge in [0.1, 0.15) is 5.69 Å². The monoisotopic (exact) mass is 183 g/mol. The number of methoxy groups -OCH3 is 1. The van der Waals surface area contributed by atoms with E-state index in [1.54, 1.807) is 7.05 Å². The number of nitrogens with zero attached hydrogens (tertiary/aromatic N) is 1. The summed E-state index contributed by atoms with van der Waals surface area (Å²) in [6.07, 6.45) is 1.50. The van der Waals surface area contributed by atoms with Crippen molar-refractivity contribution in [3.05, 3.63) is 23.5 Å². The average molecular weight is 183 g/mol. The molecule has 0 fully saturated rings. The predicted molar refractivity (Wildman–Crippen MR) is 43.7 cm³/mol. The van der Waals surface area contributed by atoms with Gasteiger partial charge in [-0.25, -0.2) is 9.59 Å². The van der Waals surface area contributed by atoms with Gasteiger partial charge in [-0.1, -0.05) is 0 Å². The van der Waals surface area contributed by atoms with Gasteiger partial charge in [0, 0.05) is 13.2 Å². The van der Waals surface area contributed by atoms with E-state index in [2.05, 4.69) is 4.74 Å². The van der Waals surface area contributed by atoms with Crippen LogP contribution in [0.4, 0.5) is 0 Å². The molecule has 0 radical (unpaired) electrons. The molecule has 0 amide bonds. The highest BCUT2D eigenvalue weighted by atomic mass is 16.5. The number of esters is 1. The quantitative estimate of drug-likeness (QED) is 0.678. The average Bonchev–Trinajstić information content (AvgIpc) is 2.46. The number of carbonyl (C=O) groups excluding carboxylic acids is 1. The van der Waals surface area contributed by atoms with Gasteiger partial charge in [-0.3, -0.25) is 0 Å². The van der Waals surface area contributed by atoms with Crippen molar-refractivity contribution in [3.63, 3.8) is 0 Å². The van der Waals surface area contributed by atoms with Gasteiger partial charge < -0.3 is 14.4 Å². The zero-order chi connectivity index (χ0) is 10.0. The van der Waals surface area contributed by atoms with Crippen LogP contribution in [0.25, 0.3) is 0 Å². The number of hydrogen-bond acceptors (Lipinski definition) is 3. The molecule has 1 heterocycles. The second-order valence-electron chi connectivity index (χ2n) is 2.49. The Morgan fingerprint density at radius 3 is 2.62 bits per heavy atom. The topological polar surface area (TPSA) is 68.5 Å². The molecular weight excluding hydrogens is 174 g/mol. The minimum Gasteiger partial charge on any atom is -0.478 e. The number of rotatable bonds is 2. The molecular formula is C8H9NO4. The van der Waals surface area contributed by atoms with Crippen molar-refractivity contribution in [2.24, 2.45) is 7.05 Å². The summed E-state index contributed by atoms with van der Waals surface area (Å²) in [5.41, 5.74) is 0.00403. The van der Waals surface area contributed by atoms with E-state index in [1.165, 1.54) is 23.9 Å². The molecule has 13 heavy (non-hydrogen) atoms. The Morgan fingerprint density at radius 2 is 2.15 bits per heavy atom. The number of aryl methyl sites for hydroxylation is 1. The van der Waals surface area contributed by atoms with Gasteiger partial charge in [-0.15, -0.1) is 0 Å². The van der Waals surface area contributed by atoms with E-state index in [0.29, 0.717) is 0 Å². The largest absolute Gasteiger partial charge is 0.478 e. The van der Waals surface area contributed by atoms with E-state index in [0.717, 1.165) is 0 Å². The zero-order valence-corrected chi connectivity index (χ0v) is 7.27. The van der Waals surface area contributed by atoms with Crippen LogP contribution >= 0.6 is 0 Å². The number of aromatic carboxylic acids is 1. The van der Waals surface area contributed by atoms with E-state index in [-0.39, 0.29) is 11.3 Å². The summed E-state index contributed by atoms with van der Waals surface area (Å²) in [6.45, 7) is 0. The standard InChI is InChI=1S/C8H9NO4/c1-9-4-3-5(7(10)11)6(9)8(12)13-2/h3-4H,1-2H3,(H,10,11). The molecule has 5 nitrogen and oxygen atoms in total. The third-order valence-corrected chi connectivity index (χ3v) is 1.68. The van der Waals surface area contributed by atoms with Gasteiger partial charge in [0.25, 0.3) is 0 Å². The third-order valence-electron chi connectivity index (χ3n) is 1.68. The Balaban J connectivity index is 3.24. The number of ether oxygens (including phenoxy) is 1. The molecule has 70 valence electrons. The van der Waals surface area contributed by atoms with Crippen LogP contribution in [0.15, 0.2) is 12.3 Å². The normalized spacial score (nSPS) is 9.69. The number of carboxylic acid groups (broad SMARTS) is 1. The fraction of sp³-hybridized carbons (Fsp3) is 0.250. The Kier molecular flexibility index (Phi) is 2.36. The minimum absolute atomic E-state index is 0.0469. The van der Waals surface area contributed by atoms with E-state index in [1.807, 2.05) is 0 Å². The molecule has 1 rings (SSSR count). The Bertz CT molecular complexity index is 353. The smallest absolute Gasteiger partial charge is 0.355 e. The summed E-state index contributed by atoms with van der Waals surface area (Å²) < 4.78 is 5.86. The summed E-state index contributed by atoms with van der Waals surface area (Å²) >= 11 is 0. The second-order valence-corrected chi connectivity index (χ2v) is 2.49. The highest BCUT2D eigenvalue weighted by molar-refractivity contribution is 6.01. The first-order chi connectivity index (χ1) is 6.07. The maximum atomic E-state index is 11.1. The summed E-state index contributed by atoms with van der Waals surface area (Å²) in [5, 5.41) is 8.70. The van der Waals surface area contributed by atoms with Gasteiger partial charge in [0.15, 0.2) is 0 Å². The van der Waals surface area contributed by atoms with Crippen molar-refractivity contribution < 1.29 is 19.4 Å². The van der Waals surface area contributed by atoms with Crippen LogP contribution < -0.4 is 0 Å². The highest BCUT2D eigenvalue weighted by Crippen LogP contribution is 2.10. The summed E-state index contributed by atoms with van der Waals surface area (Å²) in [4.78, 5) is 21.7. The van der Waals surface area contributed by atoms with Gasteiger partial charge >= 0.3 is 11.9 Å². The number of aromatic nitrogens is 1. The van der Waals surface area contributed by atoms with Crippen LogP contribution in [-0.4, -0.2) is 28.7 Å². The molecule has 1 aromatic rings. The maximum Gasteiger partial charge on any atom is 0.355 e. The Morgan fingerprint density at radius 1 is 1.54 bits per heavy atom. The molecule has 1 N–H and O–H groups in total. The first-order valence-electron chi connectivity index (χ1n) is 3.55. The second kappa shape index (κ2) is 3.30. The maximum absolute atomic E-state index is 11.1. The van der Waals surface area contributed by atoms with Crippen LogP contribution in [-0.2, 0) is 11.8 Å². The van der Waals surface area contributed by atoms with Crippen LogP contribution in [0, 0.1) is 0 Å². The molecule has 0 unspecified atom stereocenters. The van der Waals surface area contributed by atoms with Gasteiger partial charge in [-0.2, -0.15) is 0 Å². The SMILES string of the molecule is COC(=O)c1c(C(=O)O)ccn1C. The molecule has 0 atom stereocenters. The molecule has 0 saturated heterocycles. The lowest BCUT2D eigenvalue weighted by Gasteiger charge is -2.01. The number of carboxylic acids is 1. The summed E-state index contributed by atoms with van der Waals surface area (Å²) in [7, 11) is 2.79. The van der Waals surface area contributed by atoms with E-state index < -0.39 is 11.9 Å². The fourth-order valence-electron chi connectivity index (χ4n) is 1.05. The van der Waals surface area contributed by atoms with Gasteiger partial charge in [0.2, 0.25) is 0 Å². The van der Waals surface area contributed by atoms with Crippen LogP contribution in [0.5, 0.6) is 0 Å². The number of carbonyl (C=O) groups is 2. The van der Waals surface area contributed by atoms with Crippen molar-refractivity contribution in [1.29, 1.82) is 0 Å². The molecule has 1 aromatic heterocycles. The van der Waals surface area contributed by atoms with Gasteiger partial charge in [-0.05, 0) is 6.07 Å². The fourth-order valence-corrected chi connectivity index (χ4v) is 1.05. The lowest BCUT2D eigenvalue weighted by Crippen LogP contribution is -2.12. The van der Waals surface area contributed by atoms with Gasteiger partial charge in [0.05, 0.1) is 12.7 Å². The van der Waals surface area contributed by atoms with E-state index in [9.17, 15) is 9.59 Å². The molecule has 0 bridgehead atoms. The van der Waals surface area contributed by atoms with Crippen molar-refractivity contribution in [2.75, 3.05) is 7.11 Å². The van der Waals surface area contributed by atoms with Crippen molar-refractivity contribution in [3.8, 4) is 0 Å². The summed E-state index contributed by atoms with van der Waals surface area (Å²) in [6, 6.07) is 1.36. The molecule has 0 aliphatic rings. The molecule has 0 aromatic carbocycles. The van der Waals surface area contributed by atoms with E-state index >= 15 is 0 Å². The van der Waals surface area contributed by atoms with Crippen LogP contribution in [0.2, 0.25) is 0 Å². The first-order valence-corrected chi connectivity index (χ1v) is 3.55. The minimum atomic E-state index is -1.14. The Hall–Kier alpha value is -1.78. The Labute approximate surface area is 74.5 Å². The predicted octanol–water partition coefficient (Wildman–Crippen LogP) is 0.510. The van der Waals surface area contributed by atoms with E-state index in [4.69, 9.17) is 5.11 Å². The first kappa shape index (κ1) is 9.31. The van der Waals surface area contributed by atoms with Crippen molar-refractivity contribution in [1.82, 2.24) is 4.57 Å². The highest BCUT2D eigenvalue weighted by Gasteiger charge is 2.20. The third kappa shape index (κ3) is 1.53. The molecule has 0 aliphatic carbocycles. The molecule has 0 spiro atoms. The number of hydrogen-bond donors (Lipinski definition) is 1. The van der Waals surface area contributed by atoms with Crippen molar-refractivity contribution in [2.45, 2.75) is 0 Å².